The summed E-state index contributed by atoms with van der Waals surface area (Å²) in [5, 5.41) is 4.97. The minimum absolute atomic E-state index is 0.0440. The van der Waals surface area contributed by atoms with E-state index in [-0.39, 0.29) is 11.3 Å². The number of allylic oxidation sites excluding steroid dienone is 4. The number of hydrogen-bond acceptors (Lipinski definition) is 1. The van der Waals surface area contributed by atoms with Gasteiger partial charge < -0.3 is 8.98 Å². The van der Waals surface area contributed by atoms with Gasteiger partial charge in [-0.05, 0) is 59.0 Å². The molecule has 0 fully saturated rings. The number of nitrogens with zero attached hydrogens (tertiary/aromatic N) is 1. The Morgan fingerprint density at radius 1 is 0.683 bits per heavy atom. The Bertz CT molecular complexity index is 2270. The van der Waals surface area contributed by atoms with Crippen molar-refractivity contribution in [1.82, 2.24) is 4.57 Å². The molecule has 9 rings (SSSR count). The summed E-state index contributed by atoms with van der Waals surface area (Å²) >= 11 is 0. The van der Waals surface area contributed by atoms with E-state index in [9.17, 15) is 0 Å². The van der Waals surface area contributed by atoms with Crippen molar-refractivity contribution in [1.29, 1.82) is 0 Å². The van der Waals surface area contributed by atoms with Crippen LogP contribution in [0.15, 0.2) is 126 Å². The van der Waals surface area contributed by atoms with Crippen LogP contribution in [-0.2, 0) is 5.41 Å². The molecule has 7 aromatic rings. The van der Waals surface area contributed by atoms with Crippen LogP contribution in [0.25, 0.3) is 60.6 Å². The number of furan rings is 1. The van der Waals surface area contributed by atoms with Crippen molar-refractivity contribution >= 4 is 49.4 Å². The van der Waals surface area contributed by atoms with E-state index >= 15 is 0 Å². The molecule has 0 bridgehead atoms. The zero-order valence-corrected chi connectivity index (χ0v) is 23.2. The van der Waals surface area contributed by atoms with Crippen LogP contribution in [0.5, 0.6) is 0 Å². The molecule has 0 N–H and O–H groups in total. The lowest BCUT2D eigenvalue weighted by molar-refractivity contribution is 0.657. The molecule has 2 aromatic heterocycles. The first-order valence-electron chi connectivity index (χ1n) is 14.6. The minimum atomic E-state index is -0.0440. The predicted molar refractivity (Wildman–Crippen MR) is 171 cm³/mol. The summed E-state index contributed by atoms with van der Waals surface area (Å²) in [6.07, 6.45) is 8.03. The fourth-order valence-electron chi connectivity index (χ4n) is 7.53. The number of aromatic nitrogens is 1. The highest BCUT2D eigenvalue weighted by atomic mass is 16.3. The van der Waals surface area contributed by atoms with Gasteiger partial charge in [0.2, 0.25) is 0 Å². The molecular weight excluding hydrogens is 498 g/mol. The average molecular weight is 528 g/mol. The maximum atomic E-state index is 6.45. The second kappa shape index (κ2) is 8.11. The first-order chi connectivity index (χ1) is 20.1. The average Bonchev–Trinajstić information content (AvgIpc) is 3.62. The summed E-state index contributed by atoms with van der Waals surface area (Å²) in [5.74, 6) is 0.227. The molecule has 0 aliphatic heterocycles. The van der Waals surface area contributed by atoms with E-state index in [0.29, 0.717) is 0 Å². The Morgan fingerprint density at radius 3 is 2.39 bits per heavy atom. The van der Waals surface area contributed by atoms with Gasteiger partial charge in [0.05, 0.1) is 11.0 Å². The SMILES string of the molecule is CC1(C)c2ccccc2-c2cc3c4ccccc4n(C4=CC(c5cccc6c5oc5ccccc56)CC=C4)c3cc21. The van der Waals surface area contributed by atoms with E-state index in [1.165, 1.54) is 66.1 Å². The Kier molecular flexibility index (Phi) is 4.54. The minimum Gasteiger partial charge on any atom is -0.456 e. The molecule has 41 heavy (non-hydrogen) atoms. The van der Waals surface area contributed by atoms with Gasteiger partial charge in [-0.2, -0.15) is 0 Å². The Labute approximate surface area is 238 Å². The lowest BCUT2D eigenvalue weighted by atomic mass is 9.82. The lowest BCUT2D eigenvalue weighted by Crippen LogP contribution is -2.15. The number of hydrogen-bond donors (Lipinski definition) is 0. The standard InChI is InChI=1S/C39H29NO/c1-39(2)33-18-6-3-13-27(33)31-22-32-28-14-4-7-19-35(28)40(36(32)23-34(31)39)25-12-9-11-24(21-25)26-16-10-17-30-29-15-5-8-20-37(29)41-38(26)30/h3-10,12-24H,11H2,1-2H3. The van der Waals surface area contributed by atoms with Crippen LogP contribution in [0.4, 0.5) is 0 Å². The van der Waals surface area contributed by atoms with Crippen molar-refractivity contribution in [3.63, 3.8) is 0 Å². The molecule has 0 amide bonds. The quantitative estimate of drug-likeness (QED) is 0.219. The molecule has 2 heterocycles. The van der Waals surface area contributed by atoms with Crippen LogP contribution < -0.4 is 0 Å². The highest BCUT2D eigenvalue weighted by molar-refractivity contribution is 6.13. The molecule has 196 valence electrons. The van der Waals surface area contributed by atoms with Gasteiger partial charge in [-0.3, -0.25) is 0 Å². The largest absolute Gasteiger partial charge is 0.456 e. The lowest BCUT2D eigenvalue weighted by Gasteiger charge is -2.22. The Morgan fingerprint density at radius 2 is 1.46 bits per heavy atom. The molecule has 0 saturated carbocycles. The molecule has 0 spiro atoms. The summed E-state index contributed by atoms with van der Waals surface area (Å²) in [6.45, 7) is 4.72. The summed E-state index contributed by atoms with van der Waals surface area (Å²) in [4.78, 5) is 0. The summed E-state index contributed by atoms with van der Waals surface area (Å²) in [6, 6.07) is 37.6. The zero-order valence-electron chi connectivity index (χ0n) is 23.2. The van der Waals surface area contributed by atoms with Crippen molar-refractivity contribution in [3.8, 4) is 11.1 Å². The molecule has 1 atom stereocenters. The van der Waals surface area contributed by atoms with Crippen LogP contribution in [-0.4, -0.2) is 4.57 Å². The van der Waals surface area contributed by atoms with Crippen LogP contribution in [0, 0.1) is 0 Å². The van der Waals surface area contributed by atoms with Crippen LogP contribution >= 0.6 is 0 Å². The third-order valence-corrected chi connectivity index (χ3v) is 9.52. The second-order valence-electron chi connectivity index (χ2n) is 12.1. The van der Waals surface area contributed by atoms with E-state index in [0.717, 1.165) is 17.6 Å². The van der Waals surface area contributed by atoms with Gasteiger partial charge in [-0.1, -0.05) is 105 Å². The maximum Gasteiger partial charge on any atom is 0.139 e. The van der Waals surface area contributed by atoms with Gasteiger partial charge in [0.15, 0.2) is 0 Å². The normalized spacial score (nSPS) is 17.4. The van der Waals surface area contributed by atoms with Crippen molar-refractivity contribution < 1.29 is 4.42 Å². The highest BCUT2D eigenvalue weighted by Crippen LogP contribution is 2.51. The molecule has 2 nitrogen and oxygen atoms in total. The smallest absolute Gasteiger partial charge is 0.139 e. The van der Waals surface area contributed by atoms with Crippen molar-refractivity contribution in [2.75, 3.05) is 0 Å². The second-order valence-corrected chi connectivity index (χ2v) is 12.1. The molecular formula is C39H29NO. The van der Waals surface area contributed by atoms with E-state index in [2.05, 4.69) is 134 Å². The molecule has 0 radical (unpaired) electrons. The number of rotatable bonds is 2. The van der Waals surface area contributed by atoms with Crippen LogP contribution in [0.2, 0.25) is 0 Å². The zero-order chi connectivity index (χ0) is 27.3. The first-order valence-corrected chi connectivity index (χ1v) is 14.6. The number of para-hydroxylation sites is 3. The van der Waals surface area contributed by atoms with E-state index in [4.69, 9.17) is 4.42 Å². The van der Waals surface area contributed by atoms with E-state index < -0.39 is 0 Å². The van der Waals surface area contributed by atoms with Crippen molar-refractivity contribution in [2.24, 2.45) is 0 Å². The van der Waals surface area contributed by atoms with Crippen LogP contribution in [0.1, 0.15) is 42.9 Å². The summed E-state index contributed by atoms with van der Waals surface area (Å²) in [5.41, 5.74) is 12.4. The van der Waals surface area contributed by atoms with Gasteiger partial charge in [-0.25, -0.2) is 0 Å². The van der Waals surface area contributed by atoms with Gasteiger partial charge in [0.1, 0.15) is 11.2 Å². The number of fused-ring (bicyclic) bond motifs is 9. The third kappa shape index (κ3) is 3.08. The Hall–Kier alpha value is -4.82. The molecule has 2 heteroatoms. The maximum absolute atomic E-state index is 6.45. The molecule has 0 saturated heterocycles. The van der Waals surface area contributed by atoms with Gasteiger partial charge in [-0.15, -0.1) is 0 Å². The highest BCUT2D eigenvalue weighted by Gasteiger charge is 2.36. The van der Waals surface area contributed by atoms with E-state index in [1.807, 2.05) is 6.07 Å². The topological polar surface area (TPSA) is 18.1 Å². The van der Waals surface area contributed by atoms with E-state index in [1.54, 1.807) is 0 Å². The van der Waals surface area contributed by atoms with Crippen molar-refractivity contribution in [3.05, 3.63) is 138 Å². The molecule has 2 aliphatic carbocycles. The van der Waals surface area contributed by atoms with Gasteiger partial charge in [0, 0.05) is 44.1 Å². The Balaban J connectivity index is 1.28. The third-order valence-electron chi connectivity index (χ3n) is 9.52. The fourth-order valence-corrected chi connectivity index (χ4v) is 7.53. The molecule has 1 unspecified atom stereocenters. The van der Waals surface area contributed by atoms with Gasteiger partial charge >= 0.3 is 0 Å². The monoisotopic (exact) mass is 527 g/mol. The molecule has 2 aliphatic rings. The van der Waals surface area contributed by atoms with Crippen LogP contribution in [0.3, 0.4) is 0 Å². The predicted octanol–water partition coefficient (Wildman–Crippen LogP) is 10.6. The summed E-state index contributed by atoms with van der Waals surface area (Å²) in [7, 11) is 0. The fraction of sp³-hybridized carbons (Fsp3) is 0.128. The number of benzene rings is 5. The molecule has 5 aromatic carbocycles. The summed E-state index contributed by atoms with van der Waals surface area (Å²) < 4.78 is 8.92. The van der Waals surface area contributed by atoms with Crippen molar-refractivity contribution in [2.45, 2.75) is 31.6 Å². The first kappa shape index (κ1) is 22.9. The van der Waals surface area contributed by atoms with Gasteiger partial charge in [0.25, 0.3) is 0 Å².